The van der Waals surface area contributed by atoms with Crippen molar-refractivity contribution in [2.45, 2.75) is 23.4 Å². The minimum absolute atomic E-state index is 0.356. The molecule has 0 aliphatic rings. The fraction of sp³-hybridized carbons (Fsp3) is 0.333. The molecule has 1 heterocycles. The molecule has 6 heteroatoms. The number of nitrogens with two attached hydrogens (primary N) is 1. The third-order valence-corrected chi connectivity index (χ3v) is 4.67. The molecular weight excluding hydrogens is 302 g/mol. The van der Waals surface area contributed by atoms with Gasteiger partial charge >= 0.3 is 0 Å². The number of nitrogens with zero attached hydrogens (tertiary/aromatic N) is 2. The largest absolute Gasteiger partial charge is 0.497 e. The topological polar surface area (TPSA) is 61.0 Å². The summed E-state index contributed by atoms with van der Waals surface area (Å²) >= 11 is 3.11. The Hall–Kier alpha value is -1.55. The molecule has 0 aliphatic heterocycles. The van der Waals surface area contributed by atoms with Gasteiger partial charge in [-0.2, -0.15) is 4.37 Å². The average molecular weight is 319 g/mol. The van der Waals surface area contributed by atoms with Crippen LogP contribution in [0.25, 0.3) is 0 Å². The Morgan fingerprint density at radius 3 is 2.95 bits per heavy atom. The zero-order chi connectivity index (χ0) is 15.1. The van der Waals surface area contributed by atoms with Crippen molar-refractivity contribution in [1.29, 1.82) is 0 Å². The molecule has 0 aliphatic carbocycles. The van der Waals surface area contributed by atoms with Crippen LogP contribution in [0.2, 0.25) is 0 Å². The summed E-state index contributed by atoms with van der Waals surface area (Å²) in [5.74, 6) is 8.51. The summed E-state index contributed by atoms with van der Waals surface area (Å²) in [5, 5.41) is 0. The zero-order valence-electron chi connectivity index (χ0n) is 12.0. The quantitative estimate of drug-likeness (QED) is 0.678. The smallest absolute Gasteiger partial charge is 0.170 e. The molecule has 0 saturated heterocycles. The van der Waals surface area contributed by atoms with E-state index >= 15 is 0 Å². The van der Waals surface area contributed by atoms with Crippen molar-refractivity contribution in [3.05, 3.63) is 35.2 Å². The third-order valence-electron chi connectivity index (χ3n) is 2.75. The number of benzene rings is 1. The SMILES string of the molecule is CCc1nsc(SCc2cc(OC)ccc2C#CCN)n1. The molecule has 0 atom stereocenters. The molecule has 0 fully saturated rings. The molecule has 2 aromatic rings. The second-order valence-corrected chi connectivity index (χ2v) is 6.12. The van der Waals surface area contributed by atoms with Crippen LogP contribution in [0.1, 0.15) is 23.9 Å². The standard InChI is InChI=1S/C15H17N3OS2/c1-3-14-17-15(21-18-14)20-10-12-9-13(19-2)7-6-11(12)5-4-8-16/h6-7,9H,3,8,10,16H2,1-2H3. The molecule has 0 bridgehead atoms. The lowest BCUT2D eigenvalue weighted by atomic mass is 10.1. The molecule has 2 N–H and O–H groups in total. The molecule has 21 heavy (non-hydrogen) atoms. The van der Waals surface area contributed by atoms with Crippen LogP contribution in [0, 0.1) is 11.8 Å². The summed E-state index contributed by atoms with van der Waals surface area (Å²) in [6.07, 6.45) is 0.865. The Labute approximate surface area is 133 Å². The van der Waals surface area contributed by atoms with Crippen molar-refractivity contribution >= 4 is 23.3 Å². The minimum atomic E-state index is 0.356. The van der Waals surface area contributed by atoms with Gasteiger partial charge in [0.15, 0.2) is 4.34 Å². The van der Waals surface area contributed by atoms with E-state index in [4.69, 9.17) is 10.5 Å². The summed E-state index contributed by atoms with van der Waals surface area (Å²) in [6.45, 7) is 2.41. The van der Waals surface area contributed by atoms with Crippen molar-refractivity contribution in [2.75, 3.05) is 13.7 Å². The van der Waals surface area contributed by atoms with Crippen LogP contribution in [-0.2, 0) is 12.2 Å². The summed E-state index contributed by atoms with van der Waals surface area (Å²) in [7, 11) is 1.66. The maximum absolute atomic E-state index is 5.45. The highest BCUT2D eigenvalue weighted by Crippen LogP contribution is 2.27. The molecule has 0 amide bonds. The van der Waals surface area contributed by atoms with Crippen LogP contribution < -0.4 is 10.5 Å². The predicted octanol–water partition coefficient (Wildman–Crippen LogP) is 2.71. The number of thioether (sulfide) groups is 1. The van der Waals surface area contributed by atoms with Gasteiger partial charge in [0.25, 0.3) is 0 Å². The van der Waals surface area contributed by atoms with Gasteiger partial charge in [-0.05, 0) is 35.3 Å². The molecule has 110 valence electrons. The summed E-state index contributed by atoms with van der Waals surface area (Å²) < 4.78 is 10.6. The van der Waals surface area contributed by atoms with E-state index in [0.717, 1.165) is 39.2 Å². The Kier molecular flexibility index (Phi) is 6.05. The number of rotatable bonds is 5. The van der Waals surface area contributed by atoms with Crippen LogP contribution in [0.5, 0.6) is 5.75 Å². The van der Waals surface area contributed by atoms with Crippen LogP contribution in [0.3, 0.4) is 0 Å². The Morgan fingerprint density at radius 1 is 1.43 bits per heavy atom. The molecular formula is C15H17N3OS2. The van der Waals surface area contributed by atoms with E-state index in [2.05, 4.69) is 28.1 Å². The second-order valence-electron chi connectivity index (χ2n) is 4.15. The first kappa shape index (κ1) is 15.8. The monoisotopic (exact) mass is 319 g/mol. The third kappa shape index (κ3) is 4.46. The van der Waals surface area contributed by atoms with Gasteiger partial charge in [0.1, 0.15) is 11.6 Å². The number of methoxy groups -OCH3 is 1. The fourth-order valence-corrected chi connectivity index (χ4v) is 3.35. The first-order valence-corrected chi connectivity index (χ1v) is 8.34. The van der Waals surface area contributed by atoms with Crippen LogP contribution >= 0.6 is 23.3 Å². The zero-order valence-corrected chi connectivity index (χ0v) is 13.7. The van der Waals surface area contributed by atoms with E-state index < -0.39 is 0 Å². The molecule has 1 aromatic carbocycles. The van der Waals surface area contributed by atoms with Crippen molar-refractivity contribution in [3.63, 3.8) is 0 Å². The lowest BCUT2D eigenvalue weighted by Gasteiger charge is -2.06. The van der Waals surface area contributed by atoms with Gasteiger partial charge in [0.2, 0.25) is 0 Å². The van der Waals surface area contributed by atoms with Crippen molar-refractivity contribution in [2.24, 2.45) is 5.73 Å². The molecule has 4 nitrogen and oxygen atoms in total. The summed E-state index contributed by atoms with van der Waals surface area (Å²) in [5.41, 5.74) is 7.55. The first-order valence-electron chi connectivity index (χ1n) is 6.58. The number of hydrogen-bond acceptors (Lipinski definition) is 6. The highest BCUT2D eigenvalue weighted by Gasteiger charge is 2.07. The van der Waals surface area contributed by atoms with Gasteiger partial charge in [-0.25, -0.2) is 4.98 Å². The highest BCUT2D eigenvalue weighted by atomic mass is 32.2. The van der Waals surface area contributed by atoms with Gasteiger partial charge < -0.3 is 10.5 Å². The van der Waals surface area contributed by atoms with E-state index in [1.807, 2.05) is 18.2 Å². The van der Waals surface area contributed by atoms with Crippen LogP contribution in [0.4, 0.5) is 0 Å². The molecule has 0 unspecified atom stereocenters. The Bertz CT molecular complexity index is 658. The van der Waals surface area contributed by atoms with E-state index in [9.17, 15) is 0 Å². The summed E-state index contributed by atoms with van der Waals surface area (Å²) in [4.78, 5) is 4.46. The van der Waals surface area contributed by atoms with Gasteiger partial charge in [0.05, 0.1) is 13.7 Å². The van der Waals surface area contributed by atoms with E-state index in [1.54, 1.807) is 18.9 Å². The van der Waals surface area contributed by atoms with E-state index in [1.165, 1.54) is 11.5 Å². The number of ether oxygens (including phenoxy) is 1. The number of aryl methyl sites for hydroxylation is 1. The fourth-order valence-electron chi connectivity index (χ4n) is 1.66. The molecule has 0 saturated carbocycles. The molecule has 0 radical (unpaired) electrons. The van der Waals surface area contributed by atoms with E-state index in [0.29, 0.717) is 6.54 Å². The lowest BCUT2D eigenvalue weighted by molar-refractivity contribution is 0.414. The lowest BCUT2D eigenvalue weighted by Crippen LogP contribution is -1.95. The molecule has 2 rings (SSSR count). The van der Waals surface area contributed by atoms with Crippen molar-refractivity contribution in [3.8, 4) is 17.6 Å². The predicted molar refractivity (Wildman–Crippen MR) is 87.8 cm³/mol. The van der Waals surface area contributed by atoms with Crippen molar-refractivity contribution in [1.82, 2.24) is 9.36 Å². The van der Waals surface area contributed by atoms with Crippen LogP contribution in [0.15, 0.2) is 22.5 Å². The Balaban J connectivity index is 2.16. The average Bonchev–Trinajstić information content (AvgIpc) is 2.99. The van der Waals surface area contributed by atoms with Crippen molar-refractivity contribution < 1.29 is 4.74 Å². The molecule has 1 aromatic heterocycles. The van der Waals surface area contributed by atoms with Crippen LogP contribution in [-0.4, -0.2) is 23.0 Å². The normalized spacial score (nSPS) is 10.0. The maximum atomic E-state index is 5.45. The Morgan fingerprint density at radius 2 is 2.29 bits per heavy atom. The number of aromatic nitrogens is 2. The molecule has 0 spiro atoms. The maximum Gasteiger partial charge on any atom is 0.170 e. The minimum Gasteiger partial charge on any atom is -0.497 e. The van der Waals surface area contributed by atoms with E-state index in [-0.39, 0.29) is 0 Å². The first-order chi connectivity index (χ1) is 10.3. The second kappa shape index (κ2) is 8.03. The van der Waals surface area contributed by atoms with Gasteiger partial charge in [-0.3, -0.25) is 0 Å². The number of hydrogen-bond donors (Lipinski definition) is 1. The van der Waals surface area contributed by atoms with Gasteiger partial charge in [-0.1, -0.05) is 30.5 Å². The highest BCUT2D eigenvalue weighted by molar-refractivity contribution is 8.00. The summed E-state index contributed by atoms with van der Waals surface area (Å²) in [6, 6.07) is 5.89. The van der Waals surface area contributed by atoms with Gasteiger partial charge in [0, 0.05) is 17.7 Å². The van der Waals surface area contributed by atoms with Gasteiger partial charge in [-0.15, -0.1) is 0 Å².